The number of ether oxygens (including phenoxy) is 1. The molecule has 0 aliphatic carbocycles. The molecule has 0 spiro atoms. The fourth-order valence-corrected chi connectivity index (χ4v) is 1.94. The fourth-order valence-electron chi connectivity index (χ4n) is 1.94. The van der Waals surface area contributed by atoms with E-state index in [0.717, 1.165) is 18.4 Å². The Morgan fingerprint density at radius 3 is 2.71 bits per heavy atom. The Morgan fingerprint density at radius 1 is 1.35 bits per heavy atom. The molecule has 0 aliphatic rings. The van der Waals surface area contributed by atoms with Crippen molar-refractivity contribution in [3.05, 3.63) is 35.4 Å². The van der Waals surface area contributed by atoms with Gasteiger partial charge in [-0.05, 0) is 25.8 Å². The topological polar surface area (TPSA) is 26.3 Å². The average molecular weight is 234 g/mol. The molecule has 0 saturated carbocycles. The first kappa shape index (κ1) is 13.9. The number of hydrogen-bond donors (Lipinski definition) is 0. The van der Waals surface area contributed by atoms with E-state index in [2.05, 4.69) is 13.0 Å². The molecular formula is C15H22O2. The summed E-state index contributed by atoms with van der Waals surface area (Å²) in [6, 6.07) is 8.10. The number of carbonyl (C=O) groups is 1. The standard InChI is InChI=1S/C15H22O2/c1-4-7-15(17-5-2)14(16)11-13-9-6-8-12(3)10-13/h6,8-10,15H,4-5,7,11H2,1-3H3. The molecule has 0 aromatic heterocycles. The maximum Gasteiger partial charge on any atom is 0.165 e. The average Bonchev–Trinajstić information content (AvgIpc) is 2.28. The molecule has 0 saturated heterocycles. The predicted octanol–water partition coefficient (Wildman–Crippen LogP) is 3.31. The summed E-state index contributed by atoms with van der Waals surface area (Å²) < 4.78 is 5.50. The highest BCUT2D eigenvalue weighted by atomic mass is 16.5. The van der Waals surface area contributed by atoms with E-state index in [1.54, 1.807) is 0 Å². The molecule has 2 nitrogen and oxygen atoms in total. The molecule has 0 amide bonds. The van der Waals surface area contributed by atoms with E-state index in [-0.39, 0.29) is 11.9 Å². The Kier molecular flexibility index (Phi) is 5.92. The van der Waals surface area contributed by atoms with Crippen LogP contribution in [0.15, 0.2) is 24.3 Å². The van der Waals surface area contributed by atoms with Gasteiger partial charge in [-0.1, -0.05) is 43.2 Å². The lowest BCUT2D eigenvalue weighted by atomic mass is 10.0. The van der Waals surface area contributed by atoms with Crippen LogP contribution in [0.1, 0.15) is 37.8 Å². The maximum absolute atomic E-state index is 12.1. The minimum Gasteiger partial charge on any atom is -0.371 e. The van der Waals surface area contributed by atoms with Gasteiger partial charge in [0, 0.05) is 13.0 Å². The normalized spacial score (nSPS) is 12.4. The molecule has 1 aromatic carbocycles. The number of rotatable bonds is 7. The first-order valence-electron chi connectivity index (χ1n) is 6.37. The van der Waals surface area contributed by atoms with Crippen molar-refractivity contribution in [2.45, 2.75) is 46.1 Å². The van der Waals surface area contributed by atoms with Crippen molar-refractivity contribution >= 4 is 5.78 Å². The van der Waals surface area contributed by atoms with Crippen LogP contribution < -0.4 is 0 Å². The molecule has 94 valence electrons. The second-order valence-electron chi connectivity index (χ2n) is 4.36. The van der Waals surface area contributed by atoms with Gasteiger partial charge >= 0.3 is 0 Å². The molecule has 2 heteroatoms. The summed E-state index contributed by atoms with van der Waals surface area (Å²) in [7, 11) is 0. The lowest BCUT2D eigenvalue weighted by Crippen LogP contribution is -2.25. The smallest absolute Gasteiger partial charge is 0.165 e. The summed E-state index contributed by atoms with van der Waals surface area (Å²) in [4.78, 5) is 12.1. The number of benzene rings is 1. The van der Waals surface area contributed by atoms with Gasteiger partial charge in [0.05, 0.1) is 0 Å². The van der Waals surface area contributed by atoms with E-state index in [1.165, 1.54) is 5.56 Å². The van der Waals surface area contributed by atoms with E-state index >= 15 is 0 Å². The quantitative estimate of drug-likeness (QED) is 0.723. The highest BCUT2D eigenvalue weighted by Crippen LogP contribution is 2.10. The molecule has 0 bridgehead atoms. The van der Waals surface area contributed by atoms with Crippen LogP contribution in [0.25, 0.3) is 0 Å². The fraction of sp³-hybridized carbons (Fsp3) is 0.533. The molecule has 0 N–H and O–H groups in total. The molecule has 1 atom stereocenters. The Labute approximate surface area is 104 Å². The largest absolute Gasteiger partial charge is 0.371 e. The summed E-state index contributed by atoms with van der Waals surface area (Å²) >= 11 is 0. The zero-order valence-electron chi connectivity index (χ0n) is 11.0. The van der Waals surface area contributed by atoms with Gasteiger partial charge in [0.25, 0.3) is 0 Å². The molecule has 0 heterocycles. The molecule has 1 unspecified atom stereocenters. The summed E-state index contributed by atoms with van der Waals surface area (Å²) in [5, 5.41) is 0. The lowest BCUT2D eigenvalue weighted by Gasteiger charge is -2.15. The number of Topliss-reactive ketones (excluding diaryl/α,β-unsaturated/α-hetero) is 1. The van der Waals surface area contributed by atoms with Crippen molar-refractivity contribution in [3.63, 3.8) is 0 Å². The van der Waals surface area contributed by atoms with Crippen LogP contribution in [-0.4, -0.2) is 18.5 Å². The number of ketones is 1. The van der Waals surface area contributed by atoms with Gasteiger partial charge in [0.2, 0.25) is 0 Å². The summed E-state index contributed by atoms with van der Waals surface area (Å²) in [5.41, 5.74) is 2.27. The third-order valence-corrected chi connectivity index (χ3v) is 2.74. The van der Waals surface area contributed by atoms with E-state index in [0.29, 0.717) is 13.0 Å². The van der Waals surface area contributed by atoms with E-state index in [1.807, 2.05) is 32.0 Å². The first-order valence-corrected chi connectivity index (χ1v) is 6.37. The van der Waals surface area contributed by atoms with Gasteiger partial charge in [0.1, 0.15) is 6.10 Å². The zero-order valence-corrected chi connectivity index (χ0v) is 11.0. The summed E-state index contributed by atoms with van der Waals surface area (Å²) in [6.07, 6.45) is 2.04. The molecule has 0 aliphatic heterocycles. The Morgan fingerprint density at radius 2 is 2.12 bits per heavy atom. The van der Waals surface area contributed by atoms with Crippen molar-refractivity contribution in [3.8, 4) is 0 Å². The lowest BCUT2D eigenvalue weighted by molar-refractivity contribution is -0.130. The van der Waals surface area contributed by atoms with Crippen LogP contribution in [0, 0.1) is 6.92 Å². The van der Waals surface area contributed by atoms with E-state index < -0.39 is 0 Å². The third kappa shape index (κ3) is 4.70. The highest BCUT2D eigenvalue weighted by Gasteiger charge is 2.17. The van der Waals surface area contributed by atoms with Crippen molar-refractivity contribution in [2.75, 3.05) is 6.61 Å². The van der Waals surface area contributed by atoms with Crippen LogP contribution in [-0.2, 0) is 16.0 Å². The predicted molar refractivity (Wildman–Crippen MR) is 70.2 cm³/mol. The maximum atomic E-state index is 12.1. The third-order valence-electron chi connectivity index (χ3n) is 2.74. The molecular weight excluding hydrogens is 212 g/mol. The van der Waals surface area contributed by atoms with Gasteiger partial charge in [-0.15, -0.1) is 0 Å². The summed E-state index contributed by atoms with van der Waals surface area (Å²) in [5.74, 6) is 0.194. The summed E-state index contributed by atoms with van der Waals surface area (Å²) in [6.45, 7) is 6.65. The minimum atomic E-state index is -0.231. The SMILES string of the molecule is CCCC(OCC)C(=O)Cc1cccc(C)c1. The monoisotopic (exact) mass is 234 g/mol. The molecule has 1 aromatic rings. The van der Waals surface area contributed by atoms with Gasteiger partial charge in [-0.3, -0.25) is 4.79 Å². The Balaban J connectivity index is 2.62. The van der Waals surface area contributed by atoms with Crippen molar-refractivity contribution in [2.24, 2.45) is 0 Å². The molecule has 1 rings (SSSR count). The number of aryl methyl sites for hydroxylation is 1. The molecule has 17 heavy (non-hydrogen) atoms. The van der Waals surface area contributed by atoms with Gasteiger partial charge < -0.3 is 4.74 Å². The van der Waals surface area contributed by atoms with E-state index in [9.17, 15) is 4.79 Å². The van der Waals surface area contributed by atoms with Crippen molar-refractivity contribution in [1.82, 2.24) is 0 Å². The molecule has 0 radical (unpaired) electrons. The zero-order chi connectivity index (χ0) is 12.7. The van der Waals surface area contributed by atoms with Gasteiger partial charge in [0.15, 0.2) is 5.78 Å². The van der Waals surface area contributed by atoms with Crippen LogP contribution >= 0.6 is 0 Å². The van der Waals surface area contributed by atoms with Crippen molar-refractivity contribution < 1.29 is 9.53 Å². The Bertz CT molecular complexity index is 352. The second kappa shape index (κ2) is 7.23. The number of hydrogen-bond acceptors (Lipinski definition) is 2. The minimum absolute atomic E-state index is 0.194. The first-order chi connectivity index (χ1) is 8.17. The number of carbonyl (C=O) groups excluding carboxylic acids is 1. The second-order valence-corrected chi connectivity index (χ2v) is 4.36. The van der Waals surface area contributed by atoms with Gasteiger partial charge in [-0.25, -0.2) is 0 Å². The van der Waals surface area contributed by atoms with Crippen LogP contribution in [0.3, 0.4) is 0 Å². The Hall–Kier alpha value is -1.15. The van der Waals surface area contributed by atoms with Crippen LogP contribution in [0.2, 0.25) is 0 Å². The van der Waals surface area contributed by atoms with Gasteiger partial charge in [-0.2, -0.15) is 0 Å². The molecule has 0 fully saturated rings. The van der Waals surface area contributed by atoms with E-state index in [4.69, 9.17) is 4.74 Å². The van der Waals surface area contributed by atoms with Crippen LogP contribution in [0.4, 0.5) is 0 Å². The van der Waals surface area contributed by atoms with Crippen molar-refractivity contribution in [1.29, 1.82) is 0 Å². The van der Waals surface area contributed by atoms with Crippen LogP contribution in [0.5, 0.6) is 0 Å². The highest BCUT2D eigenvalue weighted by molar-refractivity contribution is 5.85.